The smallest absolute Gasteiger partial charge is 0.323 e. The molecule has 1 aromatic heterocycles. The second-order valence-corrected chi connectivity index (χ2v) is 7.59. The van der Waals surface area contributed by atoms with Gasteiger partial charge >= 0.3 is 5.97 Å². The molecule has 3 rings (SSSR count). The quantitative estimate of drug-likeness (QED) is 0.367. The van der Waals surface area contributed by atoms with Crippen LogP contribution in [0.25, 0.3) is 11.5 Å². The average molecular weight is 473 g/mol. The van der Waals surface area contributed by atoms with E-state index < -0.39 is 0 Å². The third kappa shape index (κ3) is 7.91. The van der Waals surface area contributed by atoms with E-state index in [0.717, 1.165) is 41.3 Å². The van der Waals surface area contributed by atoms with E-state index in [2.05, 4.69) is 17.2 Å². The van der Waals surface area contributed by atoms with Crippen molar-refractivity contribution in [3.63, 3.8) is 0 Å². The van der Waals surface area contributed by atoms with Crippen molar-refractivity contribution < 1.29 is 18.7 Å². The van der Waals surface area contributed by atoms with Crippen molar-refractivity contribution in [2.24, 2.45) is 0 Å². The monoisotopic (exact) mass is 472 g/mol. The number of nitrogens with one attached hydrogen (secondary N) is 1. The molecule has 0 fully saturated rings. The molecule has 7 heteroatoms. The molecule has 1 N–H and O–H groups in total. The SMILES string of the molecule is CCCN[C@@H](Cc1ccc(OCCc2nc(-c3ccccc3)oc2C)cc1)C(=O)OCC.Cl. The lowest BCUT2D eigenvalue weighted by molar-refractivity contribution is -0.145. The number of halogens is 1. The first-order valence-electron chi connectivity index (χ1n) is 11.2. The Labute approximate surface area is 202 Å². The molecule has 33 heavy (non-hydrogen) atoms. The second kappa shape index (κ2) is 13.7. The number of hydrogen-bond donors (Lipinski definition) is 1. The van der Waals surface area contributed by atoms with Gasteiger partial charge in [-0.1, -0.05) is 37.3 Å². The van der Waals surface area contributed by atoms with Crippen LogP contribution in [-0.2, 0) is 22.4 Å². The maximum Gasteiger partial charge on any atom is 0.323 e. The molecule has 3 aromatic rings. The normalized spacial score (nSPS) is 11.5. The van der Waals surface area contributed by atoms with Crippen molar-refractivity contribution in [3.8, 4) is 17.2 Å². The predicted molar refractivity (Wildman–Crippen MR) is 132 cm³/mol. The van der Waals surface area contributed by atoms with Crippen molar-refractivity contribution in [2.75, 3.05) is 19.8 Å². The Morgan fingerprint density at radius 1 is 1.09 bits per heavy atom. The Balaban J connectivity index is 0.00000385. The number of ether oxygens (including phenoxy) is 2. The summed E-state index contributed by atoms with van der Waals surface area (Å²) in [5.74, 6) is 2.02. The van der Waals surface area contributed by atoms with Gasteiger partial charge in [0.1, 0.15) is 17.6 Å². The fraction of sp³-hybridized carbons (Fsp3) is 0.385. The van der Waals surface area contributed by atoms with Gasteiger partial charge in [0.15, 0.2) is 0 Å². The van der Waals surface area contributed by atoms with E-state index in [9.17, 15) is 4.79 Å². The van der Waals surface area contributed by atoms with E-state index in [4.69, 9.17) is 13.9 Å². The van der Waals surface area contributed by atoms with Gasteiger partial charge in [-0.3, -0.25) is 4.79 Å². The number of aromatic nitrogens is 1. The zero-order valence-electron chi connectivity index (χ0n) is 19.5. The van der Waals surface area contributed by atoms with Crippen molar-refractivity contribution in [1.82, 2.24) is 10.3 Å². The lowest BCUT2D eigenvalue weighted by Gasteiger charge is -2.17. The number of carbonyl (C=O) groups excluding carboxylic acids is 1. The Morgan fingerprint density at radius 3 is 2.48 bits per heavy atom. The number of oxazole rings is 1. The summed E-state index contributed by atoms with van der Waals surface area (Å²) in [5.41, 5.74) is 2.92. The van der Waals surface area contributed by atoms with Gasteiger partial charge in [-0.2, -0.15) is 0 Å². The summed E-state index contributed by atoms with van der Waals surface area (Å²) in [4.78, 5) is 16.8. The van der Waals surface area contributed by atoms with E-state index >= 15 is 0 Å². The zero-order chi connectivity index (χ0) is 22.8. The number of carbonyl (C=O) groups is 1. The lowest BCUT2D eigenvalue weighted by Crippen LogP contribution is -2.40. The molecule has 0 aliphatic heterocycles. The first-order valence-corrected chi connectivity index (χ1v) is 11.2. The number of esters is 1. The highest BCUT2D eigenvalue weighted by molar-refractivity contribution is 5.85. The summed E-state index contributed by atoms with van der Waals surface area (Å²) >= 11 is 0. The van der Waals surface area contributed by atoms with Gasteiger partial charge in [-0.15, -0.1) is 12.4 Å². The molecule has 0 aliphatic rings. The Morgan fingerprint density at radius 2 is 1.82 bits per heavy atom. The van der Waals surface area contributed by atoms with Crippen LogP contribution in [0.15, 0.2) is 59.0 Å². The predicted octanol–water partition coefficient (Wildman–Crippen LogP) is 5.17. The molecule has 2 aromatic carbocycles. The zero-order valence-corrected chi connectivity index (χ0v) is 20.3. The van der Waals surface area contributed by atoms with Crippen LogP contribution in [0.3, 0.4) is 0 Å². The molecule has 0 saturated heterocycles. The first-order chi connectivity index (χ1) is 15.6. The summed E-state index contributed by atoms with van der Waals surface area (Å²) in [7, 11) is 0. The largest absolute Gasteiger partial charge is 0.493 e. The maximum atomic E-state index is 12.2. The number of nitrogens with zero attached hydrogens (tertiary/aromatic N) is 1. The third-order valence-corrected chi connectivity index (χ3v) is 5.10. The number of aryl methyl sites for hydroxylation is 1. The van der Waals surface area contributed by atoms with Crippen LogP contribution < -0.4 is 10.1 Å². The van der Waals surface area contributed by atoms with Crippen molar-refractivity contribution in [1.29, 1.82) is 0 Å². The lowest BCUT2D eigenvalue weighted by atomic mass is 10.1. The van der Waals surface area contributed by atoms with E-state index in [1.165, 1.54) is 0 Å². The van der Waals surface area contributed by atoms with Gasteiger partial charge in [0.2, 0.25) is 5.89 Å². The van der Waals surface area contributed by atoms with Crippen molar-refractivity contribution in [3.05, 3.63) is 71.6 Å². The van der Waals surface area contributed by atoms with Gasteiger partial charge < -0.3 is 19.2 Å². The van der Waals surface area contributed by atoms with Crippen LogP contribution in [0, 0.1) is 6.92 Å². The van der Waals surface area contributed by atoms with Gasteiger partial charge in [0, 0.05) is 12.0 Å². The third-order valence-electron chi connectivity index (χ3n) is 5.10. The standard InChI is InChI=1S/C26H32N2O4.ClH/c1-4-16-27-24(26(29)30-5-2)18-20-11-13-22(14-12-20)31-17-15-23-19(3)32-25(28-23)21-9-7-6-8-10-21;/h6-14,24,27H,4-5,15-18H2,1-3H3;1H/t24-;/m0./s1. The van der Waals surface area contributed by atoms with Gasteiger partial charge in [0.25, 0.3) is 0 Å². The van der Waals surface area contributed by atoms with Crippen LogP contribution in [-0.4, -0.2) is 36.8 Å². The Hall–Kier alpha value is -2.83. The topological polar surface area (TPSA) is 73.6 Å². The summed E-state index contributed by atoms with van der Waals surface area (Å²) in [6.07, 6.45) is 2.20. The van der Waals surface area contributed by atoms with Crippen molar-refractivity contribution >= 4 is 18.4 Å². The highest BCUT2D eigenvalue weighted by atomic mass is 35.5. The molecule has 1 atom stereocenters. The highest BCUT2D eigenvalue weighted by Gasteiger charge is 2.19. The molecular formula is C26H33ClN2O4. The minimum Gasteiger partial charge on any atom is -0.493 e. The molecule has 0 unspecified atom stereocenters. The van der Waals surface area contributed by atoms with Gasteiger partial charge in [-0.05, 0) is 63.1 Å². The van der Waals surface area contributed by atoms with Crippen molar-refractivity contribution in [2.45, 2.75) is 46.1 Å². The fourth-order valence-corrected chi connectivity index (χ4v) is 3.39. The molecule has 6 nitrogen and oxygen atoms in total. The minimum atomic E-state index is -0.337. The van der Waals surface area contributed by atoms with Crippen LogP contribution in [0.1, 0.15) is 37.3 Å². The van der Waals surface area contributed by atoms with E-state index in [-0.39, 0.29) is 24.4 Å². The van der Waals surface area contributed by atoms with E-state index in [1.54, 1.807) is 0 Å². The van der Waals surface area contributed by atoms with E-state index in [1.807, 2.05) is 68.4 Å². The fourth-order valence-electron chi connectivity index (χ4n) is 3.39. The highest BCUT2D eigenvalue weighted by Crippen LogP contribution is 2.22. The molecule has 0 radical (unpaired) electrons. The molecule has 0 saturated carbocycles. The first kappa shape index (κ1) is 26.4. The number of rotatable bonds is 12. The minimum absolute atomic E-state index is 0. The summed E-state index contributed by atoms with van der Waals surface area (Å²) in [5, 5.41) is 3.27. The molecule has 0 amide bonds. The Kier molecular flexibility index (Phi) is 10.9. The van der Waals surface area contributed by atoms with Crippen LogP contribution in [0.4, 0.5) is 0 Å². The maximum absolute atomic E-state index is 12.2. The molecule has 0 bridgehead atoms. The Bertz CT molecular complexity index is 974. The van der Waals surface area contributed by atoms with Gasteiger partial charge in [-0.25, -0.2) is 4.98 Å². The van der Waals surface area contributed by atoms with Crippen LogP contribution in [0.5, 0.6) is 5.75 Å². The van der Waals surface area contributed by atoms with Gasteiger partial charge in [0.05, 0.1) is 18.9 Å². The van der Waals surface area contributed by atoms with Crippen LogP contribution in [0.2, 0.25) is 0 Å². The van der Waals surface area contributed by atoms with E-state index in [0.29, 0.717) is 31.9 Å². The second-order valence-electron chi connectivity index (χ2n) is 7.59. The molecular weight excluding hydrogens is 440 g/mol. The molecule has 1 heterocycles. The molecule has 178 valence electrons. The summed E-state index contributed by atoms with van der Waals surface area (Å²) in [6, 6.07) is 17.4. The summed E-state index contributed by atoms with van der Waals surface area (Å²) < 4.78 is 16.9. The number of benzene rings is 2. The summed E-state index contributed by atoms with van der Waals surface area (Å²) in [6.45, 7) is 7.49. The number of hydrogen-bond acceptors (Lipinski definition) is 6. The molecule has 0 aliphatic carbocycles. The molecule has 0 spiro atoms. The van der Waals surface area contributed by atoms with Crippen LogP contribution >= 0.6 is 12.4 Å². The average Bonchev–Trinajstić information content (AvgIpc) is 3.19.